The van der Waals surface area contributed by atoms with Gasteiger partial charge in [-0.05, 0) is 31.0 Å². The molecule has 1 aromatic carbocycles. The molecule has 4 rings (SSSR count). The summed E-state index contributed by atoms with van der Waals surface area (Å²) in [5.41, 5.74) is 4.11. The summed E-state index contributed by atoms with van der Waals surface area (Å²) in [4.78, 5) is 21.5. The Kier molecular flexibility index (Phi) is 3.95. The summed E-state index contributed by atoms with van der Waals surface area (Å²) < 4.78 is 2.93. The Morgan fingerprint density at radius 3 is 2.44 bits per heavy atom. The van der Waals surface area contributed by atoms with Crippen LogP contribution in [0.5, 0.6) is 0 Å². The van der Waals surface area contributed by atoms with Crippen molar-refractivity contribution in [1.82, 2.24) is 19.7 Å². The number of hydrogen-bond acceptors (Lipinski definition) is 5. The van der Waals surface area contributed by atoms with Crippen molar-refractivity contribution in [3.05, 3.63) is 41.2 Å². The Hall–Kier alpha value is -2.41. The second-order valence-electron chi connectivity index (χ2n) is 6.53. The van der Waals surface area contributed by atoms with E-state index >= 15 is 0 Å². The monoisotopic (exact) mass is 355 g/mol. The zero-order chi connectivity index (χ0) is 17.6. The molecule has 0 radical (unpaired) electrons. The first-order chi connectivity index (χ1) is 12.0. The Bertz CT molecular complexity index is 897. The number of piperazine rings is 1. The standard InChI is InChI=1S/C18H21N5OS/c1-12-4-5-13(2)16-15(12)19-18(25-16)23-10-8-22(9-11-23)17(24)14-6-7-21(3)20-14/h4-7H,8-11H2,1-3H3. The highest BCUT2D eigenvalue weighted by molar-refractivity contribution is 7.22. The first kappa shape index (κ1) is 16.1. The maximum Gasteiger partial charge on any atom is 0.274 e. The van der Waals surface area contributed by atoms with Gasteiger partial charge in [0, 0.05) is 39.4 Å². The smallest absolute Gasteiger partial charge is 0.274 e. The van der Waals surface area contributed by atoms with Crippen LogP contribution < -0.4 is 4.90 Å². The van der Waals surface area contributed by atoms with Crippen LogP contribution in [0.1, 0.15) is 21.6 Å². The van der Waals surface area contributed by atoms with Crippen LogP contribution in [0.4, 0.5) is 5.13 Å². The van der Waals surface area contributed by atoms with E-state index in [1.165, 1.54) is 15.8 Å². The number of thiazole rings is 1. The third kappa shape index (κ3) is 2.89. The highest BCUT2D eigenvalue weighted by Gasteiger charge is 2.25. The summed E-state index contributed by atoms with van der Waals surface area (Å²) in [7, 11) is 1.83. The summed E-state index contributed by atoms with van der Waals surface area (Å²) in [5, 5.41) is 5.27. The third-order valence-electron chi connectivity index (χ3n) is 4.70. The molecule has 7 heteroatoms. The molecular weight excluding hydrogens is 334 g/mol. The molecule has 0 aliphatic carbocycles. The number of hydrogen-bond donors (Lipinski definition) is 0. The molecule has 0 bridgehead atoms. The van der Waals surface area contributed by atoms with Crippen LogP contribution in [0, 0.1) is 13.8 Å². The molecule has 0 atom stereocenters. The van der Waals surface area contributed by atoms with E-state index < -0.39 is 0 Å². The minimum Gasteiger partial charge on any atom is -0.345 e. The quantitative estimate of drug-likeness (QED) is 0.709. The lowest BCUT2D eigenvalue weighted by molar-refractivity contribution is 0.0740. The van der Waals surface area contributed by atoms with Crippen LogP contribution in [-0.4, -0.2) is 51.8 Å². The van der Waals surface area contributed by atoms with Crippen molar-refractivity contribution in [2.45, 2.75) is 13.8 Å². The van der Waals surface area contributed by atoms with E-state index in [1.54, 1.807) is 28.3 Å². The predicted octanol–water partition coefficient (Wildman–Crippen LogP) is 2.61. The molecule has 130 valence electrons. The van der Waals surface area contributed by atoms with Crippen molar-refractivity contribution in [2.75, 3.05) is 31.1 Å². The molecule has 0 unspecified atom stereocenters. The lowest BCUT2D eigenvalue weighted by Crippen LogP contribution is -2.48. The van der Waals surface area contributed by atoms with E-state index in [0.29, 0.717) is 18.8 Å². The number of anilines is 1. The van der Waals surface area contributed by atoms with Crippen molar-refractivity contribution >= 4 is 32.6 Å². The van der Waals surface area contributed by atoms with Crippen molar-refractivity contribution in [3.8, 4) is 0 Å². The minimum atomic E-state index is 0.0104. The van der Waals surface area contributed by atoms with Gasteiger partial charge in [0.25, 0.3) is 5.91 Å². The van der Waals surface area contributed by atoms with Crippen LogP contribution in [0.25, 0.3) is 10.2 Å². The first-order valence-electron chi connectivity index (χ1n) is 8.43. The Morgan fingerprint density at radius 1 is 1.08 bits per heavy atom. The predicted molar refractivity (Wildman–Crippen MR) is 100 cm³/mol. The second-order valence-corrected chi connectivity index (χ2v) is 7.50. The van der Waals surface area contributed by atoms with Crippen molar-refractivity contribution in [3.63, 3.8) is 0 Å². The normalized spacial score (nSPS) is 15.2. The van der Waals surface area contributed by atoms with E-state index in [-0.39, 0.29) is 5.91 Å². The van der Waals surface area contributed by atoms with Gasteiger partial charge in [-0.1, -0.05) is 23.5 Å². The van der Waals surface area contributed by atoms with Crippen LogP contribution in [0.15, 0.2) is 24.4 Å². The summed E-state index contributed by atoms with van der Waals surface area (Å²) in [5.74, 6) is 0.0104. The molecule has 3 heterocycles. The largest absolute Gasteiger partial charge is 0.345 e. The van der Waals surface area contributed by atoms with Gasteiger partial charge in [-0.25, -0.2) is 4.98 Å². The van der Waals surface area contributed by atoms with Crippen molar-refractivity contribution < 1.29 is 4.79 Å². The first-order valence-corrected chi connectivity index (χ1v) is 9.25. The van der Waals surface area contributed by atoms with E-state index in [1.807, 2.05) is 11.9 Å². The average Bonchev–Trinajstić information content (AvgIpc) is 3.25. The molecular formula is C18H21N5OS. The molecule has 25 heavy (non-hydrogen) atoms. The van der Waals surface area contributed by atoms with Gasteiger partial charge in [-0.3, -0.25) is 9.48 Å². The van der Waals surface area contributed by atoms with Gasteiger partial charge < -0.3 is 9.80 Å². The number of aryl methyl sites for hydroxylation is 3. The summed E-state index contributed by atoms with van der Waals surface area (Å²) in [6, 6.07) is 6.06. The number of benzene rings is 1. The molecule has 0 spiro atoms. The zero-order valence-corrected chi connectivity index (χ0v) is 15.5. The van der Waals surface area contributed by atoms with E-state index in [2.05, 4.69) is 36.0 Å². The van der Waals surface area contributed by atoms with E-state index in [0.717, 1.165) is 23.7 Å². The fraction of sp³-hybridized carbons (Fsp3) is 0.389. The topological polar surface area (TPSA) is 54.3 Å². The highest BCUT2D eigenvalue weighted by Crippen LogP contribution is 2.33. The van der Waals surface area contributed by atoms with E-state index in [4.69, 9.17) is 4.98 Å². The van der Waals surface area contributed by atoms with Gasteiger partial charge in [-0.2, -0.15) is 5.10 Å². The molecule has 2 aromatic heterocycles. The molecule has 1 saturated heterocycles. The number of rotatable bonds is 2. The fourth-order valence-corrected chi connectivity index (χ4v) is 4.34. The third-order valence-corrected chi connectivity index (χ3v) is 5.95. The molecule has 1 aliphatic rings. The van der Waals surface area contributed by atoms with Gasteiger partial charge in [-0.15, -0.1) is 0 Å². The number of carbonyl (C=O) groups is 1. The lowest BCUT2D eigenvalue weighted by atomic mass is 10.1. The maximum atomic E-state index is 12.5. The zero-order valence-electron chi connectivity index (χ0n) is 14.7. The number of aromatic nitrogens is 3. The number of carbonyl (C=O) groups excluding carboxylic acids is 1. The van der Waals surface area contributed by atoms with Crippen LogP contribution in [0.2, 0.25) is 0 Å². The molecule has 0 saturated carbocycles. The SMILES string of the molecule is Cc1ccc(C)c2sc(N3CCN(C(=O)c4ccn(C)n4)CC3)nc12. The highest BCUT2D eigenvalue weighted by atomic mass is 32.1. The number of fused-ring (bicyclic) bond motifs is 1. The van der Waals surface area contributed by atoms with Crippen molar-refractivity contribution in [2.24, 2.45) is 7.05 Å². The molecule has 1 amide bonds. The van der Waals surface area contributed by atoms with Crippen LogP contribution in [0.3, 0.4) is 0 Å². The average molecular weight is 355 g/mol. The molecule has 1 aliphatic heterocycles. The molecule has 0 N–H and O–H groups in total. The molecule has 3 aromatic rings. The fourth-order valence-electron chi connectivity index (χ4n) is 3.18. The minimum absolute atomic E-state index is 0.0104. The van der Waals surface area contributed by atoms with Gasteiger partial charge in [0.2, 0.25) is 0 Å². The number of amides is 1. The van der Waals surface area contributed by atoms with Gasteiger partial charge in [0.15, 0.2) is 5.13 Å². The van der Waals surface area contributed by atoms with E-state index in [9.17, 15) is 4.79 Å². The Morgan fingerprint density at radius 2 is 1.80 bits per heavy atom. The summed E-state index contributed by atoms with van der Waals surface area (Å²) in [6.07, 6.45) is 1.80. The number of nitrogens with zero attached hydrogens (tertiary/aromatic N) is 5. The molecule has 6 nitrogen and oxygen atoms in total. The lowest BCUT2D eigenvalue weighted by Gasteiger charge is -2.34. The van der Waals surface area contributed by atoms with Crippen molar-refractivity contribution in [1.29, 1.82) is 0 Å². The maximum absolute atomic E-state index is 12.5. The van der Waals surface area contributed by atoms with Gasteiger partial charge >= 0.3 is 0 Å². The summed E-state index contributed by atoms with van der Waals surface area (Å²) in [6.45, 7) is 7.24. The molecule has 1 fully saturated rings. The van der Waals surface area contributed by atoms with Crippen LogP contribution >= 0.6 is 11.3 Å². The van der Waals surface area contributed by atoms with Gasteiger partial charge in [0.05, 0.1) is 10.2 Å². The van der Waals surface area contributed by atoms with Gasteiger partial charge in [0.1, 0.15) is 5.69 Å². The Balaban J connectivity index is 1.49. The Labute approximate surface area is 150 Å². The second kappa shape index (κ2) is 6.15. The summed E-state index contributed by atoms with van der Waals surface area (Å²) >= 11 is 1.75. The van der Waals surface area contributed by atoms with Crippen LogP contribution in [-0.2, 0) is 7.05 Å².